The topological polar surface area (TPSA) is 32.3 Å². The van der Waals surface area contributed by atoms with E-state index in [0.717, 1.165) is 38.1 Å². The van der Waals surface area contributed by atoms with Crippen molar-refractivity contribution >= 4 is 0 Å². The highest BCUT2D eigenvalue weighted by atomic mass is 16.3. The van der Waals surface area contributed by atoms with Gasteiger partial charge >= 0.3 is 0 Å². The number of aliphatic hydroxyl groups excluding tert-OH is 1. The third-order valence-corrected chi connectivity index (χ3v) is 2.51. The molecule has 1 aliphatic carbocycles. The summed E-state index contributed by atoms with van der Waals surface area (Å²) in [6.07, 6.45) is 4.23. The van der Waals surface area contributed by atoms with Crippen molar-refractivity contribution in [2.45, 2.75) is 51.7 Å². The number of nitrogens with one attached hydrogen (secondary N) is 1. The number of rotatable bonds is 3. The van der Waals surface area contributed by atoms with Gasteiger partial charge < -0.3 is 10.4 Å². The van der Waals surface area contributed by atoms with Crippen molar-refractivity contribution in [3.05, 3.63) is 0 Å². The molecule has 1 saturated carbocycles. The van der Waals surface area contributed by atoms with Crippen LogP contribution in [0.3, 0.4) is 0 Å². The Morgan fingerprint density at radius 1 is 1.25 bits per heavy atom. The molecule has 0 bridgehead atoms. The summed E-state index contributed by atoms with van der Waals surface area (Å²) in [5.41, 5.74) is 0. The first-order valence-corrected chi connectivity index (χ1v) is 5.10. The summed E-state index contributed by atoms with van der Waals surface area (Å²) in [5.74, 6) is 0.733. The lowest BCUT2D eigenvalue weighted by Gasteiger charge is -2.26. The van der Waals surface area contributed by atoms with Gasteiger partial charge in [0.25, 0.3) is 0 Å². The molecule has 2 N–H and O–H groups in total. The maximum atomic E-state index is 9.28. The first-order valence-electron chi connectivity index (χ1n) is 5.10. The largest absolute Gasteiger partial charge is 0.393 e. The first-order chi connectivity index (χ1) is 5.68. The maximum absolute atomic E-state index is 9.28. The molecular weight excluding hydrogens is 150 g/mol. The summed E-state index contributed by atoms with van der Waals surface area (Å²) < 4.78 is 0. The molecule has 0 spiro atoms. The second-order valence-corrected chi connectivity index (χ2v) is 4.31. The zero-order valence-corrected chi connectivity index (χ0v) is 8.21. The van der Waals surface area contributed by atoms with Crippen LogP contribution in [0, 0.1) is 5.92 Å². The molecule has 0 saturated heterocycles. The van der Waals surface area contributed by atoms with E-state index in [0.29, 0.717) is 6.04 Å². The van der Waals surface area contributed by atoms with Crippen LogP contribution in [0.25, 0.3) is 0 Å². The molecule has 0 unspecified atom stereocenters. The van der Waals surface area contributed by atoms with Gasteiger partial charge in [-0.05, 0) is 38.1 Å². The molecule has 0 amide bonds. The predicted octanol–water partition coefficient (Wildman–Crippen LogP) is 1.54. The third kappa shape index (κ3) is 3.55. The monoisotopic (exact) mass is 171 g/mol. The Balaban J connectivity index is 2.09. The fraction of sp³-hybridized carbons (Fsp3) is 1.00. The van der Waals surface area contributed by atoms with Crippen molar-refractivity contribution in [1.29, 1.82) is 0 Å². The van der Waals surface area contributed by atoms with E-state index in [1.54, 1.807) is 0 Å². The molecule has 12 heavy (non-hydrogen) atoms. The minimum atomic E-state index is -0.0258. The van der Waals surface area contributed by atoms with E-state index in [2.05, 4.69) is 19.2 Å². The lowest BCUT2D eigenvalue weighted by molar-refractivity contribution is 0.116. The number of hydrogen-bond donors (Lipinski definition) is 2. The van der Waals surface area contributed by atoms with Gasteiger partial charge in [-0.2, -0.15) is 0 Å². The van der Waals surface area contributed by atoms with Gasteiger partial charge in [0.05, 0.1) is 6.10 Å². The minimum absolute atomic E-state index is 0.0258. The van der Waals surface area contributed by atoms with E-state index >= 15 is 0 Å². The Morgan fingerprint density at radius 3 is 2.33 bits per heavy atom. The van der Waals surface area contributed by atoms with Crippen molar-refractivity contribution in [2.24, 2.45) is 5.92 Å². The molecule has 2 heteroatoms. The highest BCUT2D eigenvalue weighted by molar-refractivity contribution is 4.76. The number of aliphatic hydroxyl groups is 1. The standard InChI is InChI=1S/C10H21NO/c1-8(2)7-11-9-3-5-10(12)6-4-9/h8-12H,3-7H2,1-2H3/t9-,10-. The smallest absolute Gasteiger partial charge is 0.0541 e. The summed E-state index contributed by atoms with van der Waals surface area (Å²) >= 11 is 0. The van der Waals surface area contributed by atoms with Crippen molar-refractivity contribution in [1.82, 2.24) is 5.32 Å². The molecule has 72 valence electrons. The summed E-state index contributed by atoms with van der Waals surface area (Å²) in [6.45, 7) is 5.57. The summed E-state index contributed by atoms with van der Waals surface area (Å²) in [4.78, 5) is 0. The van der Waals surface area contributed by atoms with Crippen LogP contribution < -0.4 is 5.32 Å². The van der Waals surface area contributed by atoms with Gasteiger partial charge in [0, 0.05) is 6.04 Å². The fourth-order valence-corrected chi connectivity index (χ4v) is 1.68. The molecule has 0 aromatic carbocycles. The molecule has 0 radical (unpaired) electrons. The third-order valence-electron chi connectivity index (χ3n) is 2.51. The molecule has 1 fully saturated rings. The maximum Gasteiger partial charge on any atom is 0.0541 e. The van der Waals surface area contributed by atoms with Crippen molar-refractivity contribution in [3.8, 4) is 0 Å². The molecule has 1 aliphatic rings. The van der Waals surface area contributed by atoms with Gasteiger partial charge in [0.1, 0.15) is 0 Å². The van der Waals surface area contributed by atoms with Gasteiger partial charge in [-0.15, -0.1) is 0 Å². The van der Waals surface area contributed by atoms with E-state index in [-0.39, 0.29) is 6.10 Å². The number of hydrogen-bond acceptors (Lipinski definition) is 2. The predicted molar refractivity (Wildman–Crippen MR) is 51.1 cm³/mol. The lowest BCUT2D eigenvalue weighted by atomic mass is 9.93. The molecule has 0 atom stereocenters. The normalized spacial score (nSPS) is 31.0. The van der Waals surface area contributed by atoms with E-state index in [1.165, 1.54) is 0 Å². The second kappa shape index (κ2) is 4.83. The average molecular weight is 171 g/mol. The van der Waals surface area contributed by atoms with Crippen LogP contribution in [0.15, 0.2) is 0 Å². The van der Waals surface area contributed by atoms with E-state index in [9.17, 15) is 5.11 Å². The Hall–Kier alpha value is -0.0800. The average Bonchev–Trinajstić information content (AvgIpc) is 2.03. The fourth-order valence-electron chi connectivity index (χ4n) is 1.68. The Labute approximate surface area is 75.4 Å². The van der Waals surface area contributed by atoms with Crippen LogP contribution in [-0.2, 0) is 0 Å². The van der Waals surface area contributed by atoms with Gasteiger partial charge in [0.2, 0.25) is 0 Å². The van der Waals surface area contributed by atoms with Gasteiger partial charge in [-0.1, -0.05) is 13.8 Å². The minimum Gasteiger partial charge on any atom is -0.393 e. The van der Waals surface area contributed by atoms with Crippen molar-refractivity contribution in [2.75, 3.05) is 6.54 Å². The van der Waals surface area contributed by atoms with Crippen molar-refractivity contribution in [3.63, 3.8) is 0 Å². The van der Waals surface area contributed by atoms with Gasteiger partial charge in [0.15, 0.2) is 0 Å². The highest BCUT2D eigenvalue weighted by Gasteiger charge is 2.18. The van der Waals surface area contributed by atoms with Crippen LogP contribution in [0.5, 0.6) is 0 Å². The molecule has 0 aromatic rings. The molecule has 1 rings (SSSR count). The first kappa shape index (κ1) is 10.0. The summed E-state index contributed by atoms with van der Waals surface area (Å²) in [7, 11) is 0. The zero-order valence-electron chi connectivity index (χ0n) is 8.21. The second-order valence-electron chi connectivity index (χ2n) is 4.31. The van der Waals surface area contributed by atoms with Crippen LogP contribution >= 0.6 is 0 Å². The Kier molecular flexibility index (Phi) is 4.02. The Bertz CT molecular complexity index is 117. The van der Waals surface area contributed by atoms with E-state index < -0.39 is 0 Å². The van der Waals surface area contributed by atoms with E-state index in [1.807, 2.05) is 0 Å². The molecule has 2 nitrogen and oxygen atoms in total. The molecule has 0 heterocycles. The Morgan fingerprint density at radius 2 is 1.83 bits per heavy atom. The van der Waals surface area contributed by atoms with E-state index in [4.69, 9.17) is 0 Å². The van der Waals surface area contributed by atoms with Gasteiger partial charge in [-0.3, -0.25) is 0 Å². The van der Waals surface area contributed by atoms with Gasteiger partial charge in [-0.25, -0.2) is 0 Å². The molecule has 0 aliphatic heterocycles. The molecule has 0 aromatic heterocycles. The van der Waals surface area contributed by atoms with Crippen LogP contribution in [-0.4, -0.2) is 23.8 Å². The highest BCUT2D eigenvalue weighted by Crippen LogP contribution is 2.18. The van der Waals surface area contributed by atoms with Crippen LogP contribution in [0.4, 0.5) is 0 Å². The zero-order chi connectivity index (χ0) is 8.97. The SMILES string of the molecule is CC(C)CN[C@H]1CC[C@H](O)CC1. The van der Waals surface area contributed by atoms with Crippen LogP contribution in [0.1, 0.15) is 39.5 Å². The quantitative estimate of drug-likeness (QED) is 0.675. The lowest BCUT2D eigenvalue weighted by Crippen LogP contribution is -2.36. The summed E-state index contributed by atoms with van der Waals surface area (Å²) in [6, 6.07) is 0.663. The van der Waals surface area contributed by atoms with Crippen molar-refractivity contribution < 1.29 is 5.11 Å². The molecular formula is C10H21NO. The summed E-state index contributed by atoms with van der Waals surface area (Å²) in [5, 5.41) is 12.8. The van der Waals surface area contributed by atoms with Crippen LogP contribution in [0.2, 0.25) is 0 Å².